The molecule has 0 N–H and O–H groups in total. The molecule has 0 unspecified atom stereocenters. The minimum Gasteiger partial charge on any atom is -0.371 e. The van der Waals surface area contributed by atoms with E-state index in [1.807, 2.05) is 18.2 Å². The van der Waals surface area contributed by atoms with Crippen molar-refractivity contribution in [1.29, 1.82) is 0 Å². The Morgan fingerprint density at radius 3 is 2.36 bits per heavy atom. The molecule has 2 heterocycles. The number of carbonyl (C=O) groups excluding carboxylic acids is 1. The molecule has 0 bridgehead atoms. The summed E-state index contributed by atoms with van der Waals surface area (Å²) >= 11 is 0. The maximum absolute atomic E-state index is 13.3. The fourth-order valence-corrected chi connectivity index (χ4v) is 4.22. The maximum atomic E-state index is 13.3. The smallest absolute Gasteiger partial charge is 0.255 e. The van der Waals surface area contributed by atoms with Crippen molar-refractivity contribution in [1.82, 2.24) is 4.90 Å². The minimum absolute atomic E-state index is 0.197. The highest BCUT2D eigenvalue weighted by molar-refractivity contribution is 6.00. The molecule has 2 fully saturated rings. The molecular formula is C22H26N2O. The van der Waals surface area contributed by atoms with Gasteiger partial charge >= 0.3 is 0 Å². The Bertz CT molecular complexity index is 722. The summed E-state index contributed by atoms with van der Waals surface area (Å²) in [6.45, 7) is 3.83. The van der Waals surface area contributed by atoms with Crippen molar-refractivity contribution in [3.8, 4) is 0 Å². The molecule has 25 heavy (non-hydrogen) atoms. The second-order valence-corrected chi connectivity index (χ2v) is 7.21. The molecule has 2 saturated heterocycles. The average molecular weight is 334 g/mol. The summed E-state index contributed by atoms with van der Waals surface area (Å²) in [6.07, 6.45) is 4.70. The van der Waals surface area contributed by atoms with Gasteiger partial charge in [0.1, 0.15) is 0 Å². The summed E-state index contributed by atoms with van der Waals surface area (Å²) in [6, 6.07) is 18.8. The first-order chi connectivity index (χ1) is 12.3. The van der Waals surface area contributed by atoms with Crippen molar-refractivity contribution in [2.75, 3.05) is 31.1 Å². The highest BCUT2D eigenvalue weighted by Gasteiger charge is 2.28. The molecule has 1 atom stereocenters. The summed E-state index contributed by atoms with van der Waals surface area (Å²) in [5.41, 5.74) is 3.35. The molecule has 2 aliphatic heterocycles. The fourth-order valence-electron chi connectivity index (χ4n) is 4.22. The van der Waals surface area contributed by atoms with Crippen molar-refractivity contribution in [2.24, 2.45) is 0 Å². The molecular weight excluding hydrogens is 308 g/mol. The minimum atomic E-state index is 0.197. The number of amides is 1. The molecule has 3 nitrogen and oxygen atoms in total. The second-order valence-electron chi connectivity index (χ2n) is 7.21. The van der Waals surface area contributed by atoms with Gasteiger partial charge in [0, 0.05) is 37.8 Å². The lowest BCUT2D eigenvalue weighted by molar-refractivity contribution is 0.0708. The van der Waals surface area contributed by atoms with Crippen LogP contribution in [-0.4, -0.2) is 37.0 Å². The van der Waals surface area contributed by atoms with Crippen LogP contribution in [0.25, 0.3) is 0 Å². The summed E-state index contributed by atoms with van der Waals surface area (Å²) in [5.74, 6) is 0.654. The average Bonchev–Trinajstić information content (AvgIpc) is 3.23. The number of likely N-dealkylation sites (tertiary alicyclic amines) is 1. The first-order valence-electron chi connectivity index (χ1n) is 9.51. The molecule has 4 rings (SSSR count). The Morgan fingerprint density at radius 1 is 0.840 bits per heavy atom. The van der Waals surface area contributed by atoms with E-state index in [4.69, 9.17) is 0 Å². The number of benzene rings is 2. The van der Waals surface area contributed by atoms with Crippen LogP contribution in [0.1, 0.15) is 47.5 Å². The lowest BCUT2D eigenvalue weighted by Crippen LogP contribution is -2.39. The van der Waals surface area contributed by atoms with E-state index >= 15 is 0 Å². The Labute approximate surface area is 150 Å². The van der Waals surface area contributed by atoms with Crippen molar-refractivity contribution < 1.29 is 4.79 Å². The van der Waals surface area contributed by atoms with E-state index in [1.54, 1.807) is 0 Å². The molecule has 2 aliphatic rings. The second kappa shape index (κ2) is 7.30. The molecule has 130 valence electrons. The third kappa shape index (κ3) is 3.41. The van der Waals surface area contributed by atoms with Crippen molar-refractivity contribution >= 4 is 11.6 Å². The molecule has 2 aromatic carbocycles. The van der Waals surface area contributed by atoms with Crippen LogP contribution in [0.2, 0.25) is 0 Å². The number of hydrogen-bond donors (Lipinski definition) is 0. The van der Waals surface area contributed by atoms with Crippen LogP contribution in [0.4, 0.5) is 5.69 Å². The van der Waals surface area contributed by atoms with Crippen LogP contribution >= 0.6 is 0 Å². The Balaban J connectivity index is 1.55. The van der Waals surface area contributed by atoms with Gasteiger partial charge in [-0.3, -0.25) is 4.79 Å². The lowest BCUT2D eigenvalue weighted by Gasteiger charge is -2.34. The molecule has 0 radical (unpaired) electrons. The van der Waals surface area contributed by atoms with E-state index in [0.29, 0.717) is 5.92 Å². The zero-order chi connectivity index (χ0) is 17.1. The van der Waals surface area contributed by atoms with Gasteiger partial charge in [0.15, 0.2) is 0 Å². The largest absolute Gasteiger partial charge is 0.371 e. The Morgan fingerprint density at radius 2 is 1.56 bits per heavy atom. The third-order valence-electron chi connectivity index (χ3n) is 5.56. The maximum Gasteiger partial charge on any atom is 0.255 e. The first kappa shape index (κ1) is 16.2. The predicted molar refractivity (Wildman–Crippen MR) is 102 cm³/mol. The Hall–Kier alpha value is -2.29. The summed E-state index contributed by atoms with van der Waals surface area (Å²) in [4.78, 5) is 17.7. The number of carbonyl (C=O) groups is 1. The molecule has 3 heteroatoms. The van der Waals surface area contributed by atoms with E-state index in [9.17, 15) is 4.79 Å². The SMILES string of the molecule is O=C(c1ccccc1N1CCCC1)N1CCC[C@@H](c2ccccc2)C1. The molecule has 0 aromatic heterocycles. The summed E-state index contributed by atoms with van der Waals surface area (Å²) < 4.78 is 0. The van der Waals surface area contributed by atoms with Crippen LogP contribution in [0.15, 0.2) is 54.6 Å². The molecule has 0 spiro atoms. The van der Waals surface area contributed by atoms with Crippen LogP contribution in [0.5, 0.6) is 0 Å². The van der Waals surface area contributed by atoms with Gasteiger partial charge in [0.2, 0.25) is 0 Å². The zero-order valence-corrected chi connectivity index (χ0v) is 14.7. The monoisotopic (exact) mass is 334 g/mol. The van der Waals surface area contributed by atoms with Crippen molar-refractivity contribution in [3.05, 3.63) is 65.7 Å². The van der Waals surface area contributed by atoms with Crippen LogP contribution in [0.3, 0.4) is 0 Å². The highest BCUT2D eigenvalue weighted by Crippen LogP contribution is 2.30. The number of nitrogens with zero attached hydrogens (tertiary/aromatic N) is 2. The quantitative estimate of drug-likeness (QED) is 0.835. The van der Waals surface area contributed by atoms with E-state index in [-0.39, 0.29) is 5.91 Å². The van der Waals surface area contributed by atoms with Gasteiger partial charge in [0.05, 0.1) is 5.56 Å². The number of hydrogen-bond acceptors (Lipinski definition) is 2. The topological polar surface area (TPSA) is 23.6 Å². The van der Waals surface area contributed by atoms with E-state index in [2.05, 4.69) is 46.2 Å². The number of rotatable bonds is 3. The van der Waals surface area contributed by atoms with E-state index < -0.39 is 0 Å². The third-order valence-corrected chi connectivity index (χ3v) is 5.56. The number of anilines is 1. The van der Waals surface area contributed by atoms with Crippen LogP contribution < -0.4 is 4.90 Å². The normalized spacial score (nSPS) is 20.7. The van der Waals surface area contributed by atoms with Gasteiger partial charge < -0.3 is 9.80 Å². The molecule has 2 aromatic rings. The summed E-state index contributed by atoms with van der Waals surface area (Å²) in [7, 11) is 0. The van der Waals surface area contributed by atoms with Gasteiger partial charge in [-0.25, -0.2) is 0 Å². The van der Waals surface area contributed by atoms with E-state index in [1.165, 1.54) is 24.8 Å². The number of piperidine rings is 1. The number of para-hydroxylation sites is 1. The van der Waals surface area contributed by atoms with E-state index in [0.717, 1.165) is 43.9 Å². The highest BCUT2D eigenvalue weighted by atomic mass is 16.2. The standard InChI is InChI=1S/C22H26N2O/c25-22(20-12-4-5-13-21(20)23-14-6-7-15-23)24-16-8-11-19(17-24)18-9-2-1-3-10-18/h1-5,9-10,12-13,19H,6-8,11,14-17H2/t19-/m1/s1. The summed E-state index contributed by atoms with van der Waals surface area (Å²) in [5, 5.41) is 0. The Kier molecular flexibility index (Phi) is 4.73. The van der Waals surface area contributed by atoms with Gasteiger partial charge in [0.25, 0.3) is 5.91 Å². The van der Waals surface area contributed by atoms with Gasteiger partial charge in [-0.05, 0) is 43.4 Å². The van der Waals surface area contributed by atoms with Crippen LogP contribution in [0, 0.1) is 0 Å². The van der Waals surface area contributed by atoms with Crippen molar-refractivity contribution in [3.63, 3.8) is 0 Å². The molecule has 1 amide bonds. The molecule has 0 saturated carbocycles. The van der Waals surface area contributed by atoms with Gasteiger partial charge in [-0.1, -0.05) is 42.5 Å². The fraction of sp³-hybridized carbons (Fsp3) is 0.409. The van der Waals surface area contributed by atoms with Crippen LogP contribution in [-0.2, 0) is 0 Å². The van der Waals surface area contributed by atoms with Gasteiger partial charge in [-0.2, -0.15) is 0 Å². The van der Waals surface area contributed by atoms with Gasteiger partial charge in [-0.15, -0.1) is 0 Å². The van der Waals surface area contributed by atoms with Crippen molar-refractivity contribution in [2.45, 2.75) is 31.6 Å². The molecule has 0 aliphatic carbocycles. The zero-order valence-electron chi connectivity index (χ0n) is 14.7. The predicted octanol–water partition coefficient (Wildman–Crippen LogP) is 4.31. The first-order valence-corrected chi connectivity index (χ1v) is 9.51. The lowest BCUT2D eigenvalue weighted by atomic mass is 9.90.